The molecule has 0 aromatic heterocycles. The second kappa shape index (κ2) is 9.34. The predicted octanol–water partition coefficient (Wildman–Crippen LogP) is 3.92. The van der Waals surface area contributed by atoms with Gasteiger partial charge in [-0.25, -0.2) is 0 Å². The van der Waals surface area contributed by atoms with Crippen LogP contribution in [0.5, 0.6) is 0 Å². The number of non-ortho nitro benzene ring substituents is 1. The largest absolute Gasteiger partial charge is 0.378 e. The zero-order chi connectivity index (χ0) is 21.8. The van der Waals surface area contributed by atoms with Crippen molar-refractivity contribution in [3.63, 3.8) is 0 Å². The number of nitro groups is 1. The Labute approximate surface area is 181 Å². The highest BCUT2D eigenvalue weighted by Gasteiger charge is 2.23. The topological polar surface area (TPSA) is 87.9 Å². The molecule has 2 fully saturated rings. The third-order valence-electron chi connectivity index (χ3n) is 6.06. The summed E-state index contributed by atoms with van der Waals surface area (Å²) in [4.78, 5) is 28.3. The fourth-order valence-corrected chi connectivity index (χ4v) is 4.12. The molecule has 0 atom stereocenters. The fourth-order valence-electron chi connectivity index (χ4n) is 4.12. The number of nitro benzene ring substituents is 1. The van der Waals surface area contributed by atoms with Gasteiger partial charge in [-0.2, -0.15) is 0 Å². The molecule has 1 amide bonds. The van der Waals surface area contributed by atoms with E-state index >= 15 is 0 Å². The van der Waals surface area contributed by atoms with Gasteiger partial charge in [0.1, 0.15) is 0 Å². The summed E-state index contributed by atoms with van der Waals surface area (Å²) in [5.41, 5.74) is 2.74. The molecule has 1 N–H and O–H groups in total. The highest BCUT2D eigenvalue weighted by atomic mass is 16.6. The van der Waals surface area contributed by atoms with E-state index in [1.807, 2.05) is 24.3 Å². The highest BCUT2D eigenvalue weighted by molar-refractivity contribution is 6.08. The van der Waals surface area contributed by atoms with Gasteiger partial charge in [0, 0.05) is 49.7 Å². The Bertz CT molecular complexity index is 933. The molecule has 2 aliphatic rings. The van der Waals surface area contributed by atoms with E-state index in [4.69, 9.17) is 4.74 Å². The first-order valence-electron chi connectivity index (χ1n) is 10.8. The first-order valence-corrected chi connectivity index (χ1v) is 10.8. The van der Waals surface area contributed by atoms with Crippen LogP contribution >= 0.6 is 0 Å². The average Bonchev–Trinajstić information content (AvgIpc) is 2.80. The van der Waals surface area contributed by atoms with Crippen molar-refractivity contribution in [1.82, 2.24) is 0 Å². The number of piperidine rings is 1. The number of amides is 1. The van der Waals surface area contributed by atoms with Crippen LogP contribution in [-0.2, 0) is 4.74 Å². The van der Waals surface area contributed by atoms with E-state index in [1.165, 1.54) is 12.1 Å². The van der Waals surface area contributed by atoms with Crippen molar-refractivity contribution in [3.05, 3.63) is 58.1 Å². The molecule has 164 valence electrons. The number of benzene rings is 2. The number of morpholine rings is 1. The van der Waals surface area contributed by atoms with Gasteiger partial charge in [-0.1, -0.05) is 6.92 Å². The molecule has 0 spiro atoms. The van der Waals surface area contributed by atoms with Gasteiger partial charge in [0.2, 0.25) is 0 Å². The number of hydrogen-bond donors (Lipinski definition) is 1. The third-order valence-corrected chi connectivity index (χ3v) is 6.06. The van der Waals surface area contributed by atoms with Crippen molar-refractivity contribution in [1.29, 1.82) is 0 Å². The average molecular weight is 425 g/mol. The highest BCUT2D eigenvalue weighted by Crippen LogP contribution is 2.30. The lowest BCUT2D eigenvalue weighted by molar-refractivity contribution is -0.384. The van der Waals surface area contributed by atoms with E-state index < -0.39 is 4.92 Å². The molecule has 2 saturated heterocycles. The molecule has 0 bridgehead atoms. The van der Waals surface area contributed by atoms with Crippen LogP contribution in [0, 0.1) is 16.0 Å². The van der Waals surface area contributed by atoms with Crippen LogP contribution in [0.3, 0.4) is 0 Å². The quantitative estimate of drug-likeness (QED) is 0.578. The maximum Gasteiger partial charge on any atom is 0.270 e. The van der Waals surface area contributed by atoms with Crippen molar-refractivity contribution < 1.29 is 14.5 Å². The monoisotopic (exact) mass is 424 g/mol. The van der Waals surface area contributed by atoms with E-state index in [0.717, 1.165) is 50.4 Å². The number of carbonyl (C=O) groups excluding carboxylic acids is 1. The number of rotatable bonds is 5. The third kappa shape index (κ3) is 4.96. The van der Waals surface area contributed by atoms with Crippen LogP contribution in [0.2, 0.25) is 0 Å². The second-order valence-electron chi connectivity index (χ2n) is 8.23. The van der Waals surface area contributed by atoms with Crippen LogP contribution in [-0.4, -0.2) is 50.2 Å². The van der Waals surface area contributed by atoms with Crippen LogP contribution < -0.4 is 15.1 Å². The Morgan fingerprint density at radius 2 is 1.71 bits per heavy atom. The van der Waals surface area contributed by atoms with Crippen LogP contribution in [0.4, 0.5) is 22.7 Å². The minimum atomic E-state index is -0.462. The predicted molar refractivity (Wildman–Crippen MR) is 121 cm³/mol. The lowest BCUT2D eigenvalue weighted by atomic mass is 9.98. The minimum absolute atomic E-state index is 0.0815. The van der Waals surface area contributed by atoms with Crippen LogP contribution in [0.25, 0.3) is 0 Å². The maximum atomic E-state index is 13.1. The summed E-state index contributed by atoms with van der Waals surface area (Å²) in [5.74, 6) is 0.313. The molecule has 2 heterocycles. The van der Waals surface area contributed by atoms with Crippen molar-refractivity contribution in [2.24, 2.45) is 5.92 Å². The standard InChI is InChI=1S/C23H28N4O4/c1-17-8-10-26(11-9-17)22-7-6-20(27(29)30)16-21(22)23(28)24-18-2-4-19(5-3-18)25-12-14-31-15-13-25/h2-7,16-17H,8-15H2,1H3,(H,24,28). The summed E-state index contributed by atoms with van der Waals surface area (Å²) in [6.07, 6.45) is 2.09. The molecule has 0 unspecified atom stereocenters. The Hall–Kier alpha value is -3.13. The summed E-state index contributed by atoms with van der Waals surface area (Å²) >= 11 is 0. The first kappa shape index (κ1) is 21.1. The summed E-state index contributed by atoms with van der Waals surface area (Å²) in [5, 5.41) is 14.2. The summed E-state index contributed by atoms with van der Waals surface area (Å²) in [7, 11) is 0. The van der Waals surface area contributed by atoms with E-state index in [1.54, 1.807) is 6.07 Å². The second-order valence-corrected chi connectivity index (χ2v) is 8.23. The Morgan fingerprint density at radius 3 is 2.35 bits per heavy atom. The van der Waals surface area contributed by atoms with Gasteiger partial charge in [-0.15, -0.1) is 0 Å². The van der Waals surface area contributed by atoms with Crippen LogP contribution in [0.1, 0.15) is 30.1 Å². The minimum Gasteiger partial charge on any atom is -0.378 e. The zero-order valence-electron chi connectivity index (χ0n) is 17.8. The number of nitrogens with zero attached hydrogens (tertiary/aromatic N) is 3. The smallest absolute Gasteiger partial charge is 0.270 e. The van der Waals surface area contributed by atoms with Crippen molar-refractivity contribution in [2.75, 3.05) is 54.5 Å². The Balaban J connectivity index is 1.53. The lowest BCUT2D eigenvalue weighted by Gasteiger charge is -2.33. The van der Waals surface area contributed by atoms with Gasteiger partial charge < -0.3 is 19.9 Å². The van der Waals surface area contributed by atoms with Crippen molar-refractivity contribution >= 4 is 28.7 Å². The summed E-state index contributed by atoms with van der Waals surface area (Å²) in [6, 6.07) is 12.2. The Kier molecular flexibility index (Phi) is 6.36. The van der Waals surface area contributed by atoms with E-state index in [0.29, 0.717) is 30.4 Å². The summed E-state index contributed by atoms with van der Waals surface area (Å²) in [6.45, 7) is 7.02. The lowest BCUT2D eigenvalue weighted by Crippen LogP contribution is -2.36. The van der Waals surface area contributed by atoms with E-state index in [9.17, 15) is 14.9 Å². The van der Waals surface area contributed by atoms with Gasteiger partial charge in [0.15, 0.2) is 0 Å². The van der Waals surface area contributed by atoms with E-state index in [2.05, 4.69) is 22.0 Å². The van der Waals surface area contributed by atoms with E-state index in [-0.39, 0.29) is 11.6 Å². The maximum absolute atomic E-state index is 13.1. The number of nitrogens with one attached hydrogen (secondary N) is 1. The molecule has 0 saturated carbocycles. The van der Waals surface area contributed by atoms with Crippen LogP contribution in [0.15, 0.2) is 42.5 Å². The number of carbonyl (C=O) groups is 1. The number of anilines is 3. The molecule has 4 rings (SSSR count). The first-order chi connectivity index (χ1) is 15.0. The van der Waals surface area contributed by atoms with Gasteiger partial charge in [-0.3, -0.25) is 14.9 Å². The van der Waals surface area contributed by atoms with Gasteiger partial charge in [-0.05, 0) is 49.1 Å². The van der Waals surface area contributed by atoms with Gasteiger partial charge in [0.05, 0.1) is 29.4 Å². The van der Waals surface area contributed by atoms with Crippen molar-refractivity contribution in [3.8, 4) is 0 Å². The SMILES string of the molecule is CC1CCN(c2ccc([N+](=O)[O-])cc2C(=O)Nc2ccc(N3CCOCC3)cc2)CC1. The normalized spacial score (nSPS) is 17.5. The molecule has 2 aliphatic heterocycles. The molecule has 0 radical (unpaired) electrons. The molecular weight excluding hydrogens is 396 g/mol. The number of ether oxygens (including phenoxy) is 1. The molecule has 0 aliphatic carbocycles. The molecule has 31 heavy (non-hydrogen) atoms. The molecule has 2 aromatic rings. The fraction of sp³-hybridized carbons (Fsp3) is 0.435. The molecule has 8 heteroatoms. The van der Waals surface area contributed by atoms with Gasteiger partial charge >= 0.3 is 0 Å². The molecule has 2 aromatic carbocycles. The molecule has 8 nitrogen and oxygen atoms in total. The summed E-state index contributed by atoms with van der Waals surface area (Å²) < 4.78 is 5.39. The number of hydrogen-bond acceptors (Lipinski definition) is 6. The zero-order valence-corrected chi connectivity index (χ0v) is 17.8. The van der Waals surface area contributed by atoms with Gasteiger partial charge in [0.25, 0.3) is 11.6 Å². The Morgan fingerprint density at radius 1 is 1.03 bits per heavy atom. The molecular formula is C23H28N4O4. The van der Waals surface area contributed by atoms with Crippen molar-refractivity contribution in [2.45, 2.75) is 19.8 Å².